The number of carboxylic acid groups (broad SMARTS) is 1. The van der Waals surface area contributed by atoms with Crippen LogP contribution < -0.4 is 5.32 Å². The summed E-state index contributed by atoms with van der Waals surface area (Å²) in [4.78, 5) is 21.3. The second-order valence-electron chi connectivity index (χ2n) is 3.31. The lowest BCUT2D eigenvalue weighted by Crippen LogP contribution is -2.09. The van der Waals surface area contributed by atoms with Gasteiger partial charge in [0.1, 0.15) is 5.82 Å². The second-order valence-corrected chi connectivity index (χ2v) is 3.31. The zero-order valence-electron chi connectivity index (χ0n) is 9.24. The number of carbonyl (C=O) groups excluding carboxylic acids is 1. The van der Waals surface area contributed by atoms with Gasteiger partial charge in [-0.2, -0.15) is 0 Å². The summed E-state index contributed by atoms with van der Waals surface area (Å²) in [5, 5.41) is 10.9. The number of halogens is 1. The average Bonchev–Trinajstić information content (AvgIpc) is 2.27. The Labute approximate surface area is 97.8 Å². The number of benzene rings is 1. The Morgan fingerprint density at radius 3 is 2.71 bits per heavy atom. The highest BCUT2D eigenvalue weighted by atomic mass is 19.1. The quantitative estimate of drug-likeness (QED) is 0.789. The van der Waals surface area contributed by atoms with E-state index in [1.165, 1.54) is 12.1 Å². The SMILES string of the molecule is CCC(=O)Nc1ccc(C=CC(=O)O)c(F)c1. The molecule has 0 saturated carbocycles. The lowest BCUT2D eigenvalue weighted by Gasteiger charge is -2.04. The van der Waals surface area contributed by atoms with Crippen LogP contribution in [0, 0.1) is 5.82 Å². The van der Waals surface area contributed by atoms with Crippen molar-refractivity contribution in [2.75, 3.05) is 5.32 Å². The summed E-state index contributed by atoms with van der Waals surface area (Å²) in [5.41, 5.74) is 0.503. The standard InChI is InChI=1S/C12H12FNO3/c1-2-11(15)14-9-5-3-8(10(13)7-9)4-6-12(16)17/h3-7H,2H2,1H3,(H,14,15)(H,16,17). The Balaban J connectivity index is 2.86. The Morgan fingerprint density at radius 1 is 1.47 bits per heavy atom. The molecule has 0 bridgehead atoms. The van der Waals surface area contributed by atoms with Crippen LogP contribution in [-0.4, -0.2) is 17.0 Å². The van der Waals surface area contributed by atoms with Gasteiger partial charge in [-0.05, 0) is 24.3 Å². The minimum atomic E-state index is -1.15. The van der Waals surface area contributed by atoms with Gasteiger partial charge in [-0.15, -0.1) is 0 Å². The van der Waals surface area contributed by atoms with Crippen LogP contribution in [0.5, 0.6) is 0 Å². The Kier molecular flexibility index (Phi) is 4.39. The van der Waals surface area contributed by atoms with Crippen molar-refractivity contribution in [1.29, 1.82) is 0 Å². The number of aliphatic carboxylic acids is 1. The second kappa shape index (κ2) is 5.79. The number of hydrogen-bond donors (Lipinski definition) is 2. The van der Waals surface area contributed by atoms with Crippen molar-refractivity contribution in [3.8, 4) is 0 Å². The maximum absolute atomic E-state index is 13.5. The van der Waals surface area contributed by atoms with Crippen molar-refractivity contribution in [2.24, 2.45) is 0 Å². The summed E-state index contributed by atoms with van der Waals surface area (Å²) in [7, 11) is 0. The maximum atomic E-state index is 13.5. The molecule has 0 radical (unpaired) electrons. The maximum Gasteiger partial charge on any atom is 0.328 e. The summed E-state index contributed by atoms with van der Waals surface area (Å²) < 4.78 is 13.5. The molecular weight excluding hydrogens is 225 g/mol. The van der Waals surface area contributed by atoms with Crippen LogP contribution in [0.3, 0.4) is 0 Å². The predicted octanol–water partition coefficient (Wildman–Crippen LogP) is 2.27. The van der Waals surface area contributed by atoms with Gasteiger partial charge < -0.3 is 10.4 Å². The molecule has 90 valence electrons. The van der Waals surface area contributed by atoms with Crippen LogP contribution in [0.1, 0.15) is 18.9 Å². The van der Waals surface area contributed by atoms with Crippen LogP contribution in [0.4, 0.5) is 10.1 Å². The van der Waals surface area contributed by atoms with Gasteiger partial charge in [-0.1, -0.05) is 6.92 Å². The van der Waals surface area contributed by atoms with Crippen LogP contribution in [0.15, 0.2) is 24.3 Å². The molecule has 1 rings (SSSR count). The molecule has 0 unspecified atom stereocenters. The largest absolute Gasteiger partial charge is 0.478 e. The van der Waals surface area contributed by atoms with E-state index in [2.05, 4.69) is 5.32 Å². The van der Waals surface area contributed by atoms with Gasteiger partial charge in [0.15, 0.2) is 0 Å². The van der Waals surface area contributed by atoms with Crippen molar-refractivity contribution < 1.29 is 19.1 Å². The fourth-order valence-corrected chi connectivity index (χ4v) is 1.15. The van der Waals surface area contributed by atoms with E-state index in [0.717, 1.165) is 18.2 Å². The van der Waals surface area contributed by atoms with Crippen LogP contribution in [0.25, 0.3) is 6.08 Å². The molecule has 1 amide bonds. The molecular formula is C12H12FNO3. The number of carbonyl (C=O) groups is 2. The third kappa shape index (κ3) is 4.06. The number of carboxylic acids is 1. The van der Waals surface area contributed by atoms with Gasteiger partial charge in [0.05, 0.1) is 0 Å². The van der Waals surface area contributed by atoms with Crippen molar-refractivity contribution in [1.82, 2.24) is 0 Å². The molecule has 1 aromatic rings. The zero-order valence-corrected chi connectivity index (χ0v) is 9.24. The molecule has 2 N–H and O–H groups in total. The Morgan fingerprint density at radius 2 is 2.18 bits per heavy atom. The van der Waals surface area contributed by atoms with Gasteiger partial charge in [0.2, 0.25) is 5.91 Å². The van der Waals surface area contributed by atoms with Crippen LogP contribution >= 0.6 is 0 Å². The number of amides is 1. The molecule has 0 aliphatic heterocycles. The molecule has 0 aromatic heterocycles. The van der Waals surface area contributed by atoms with Gasteiger partial charge in [0, 0.05) is 23.7 Å². The average molecular weight is 237 g/mol. The molecule has 17 heavy (non-hydrogen) atoms. The zero-order chi connectivity index (χ0) is 12.8. The van der Waals surface area contributed by atoms with E-state index in [1.807, 2.05) is 0 Å². The first-order chi connectivity index (χ1) is 8.02. The summed E-state index contributed by atoms with van der Waals surface area (Å²) >= 11 is 0. The smallest absolute Gasteiger partial charge is 0.328 e. The molecule has 0 saturated heterocycles. The van der Waals surface area contributed by atoms with Crippen molar-refractivity contribution >= 4 is 23.6 Å². The Hall–Kier alpha value is -2.17. The first-order valence-corrected chi connectivity index (χ1v) is 5.03. The minimum Gasteiger partial charge on any atom is -0.478 e. The molecule has 0 atom stereocenters. The monoisotopic (exact) mass is 237 g/mol. The Bertz CT molecular complexity index is 469. The topological polar surface area (TPSA) is 66.4 Å². The van der Waals surface area contributed by atoms with E-state index < -0.39 is 11.8 Å². The fourth-order valence-electron chi connectivity index (χ4n) is 1.15. The first-order valence-electron chi connectivity index (χ1n) is 5.03. The summed E-state index contributed by atoms with van der Waals surface area (Å²) in [5.74, 6) is -1.94. The van der Waals surface area contributed by atoms with E-state index in [-0.39, 0.29) is 11.5 Å². The van der Waals surface area contributed by atoms with E-state index in [4.69, 9.17) is 5.11 Å². The van der Waals surface area contributed by atoms with Crippen LogP contribution in [-0.2, 0) is 9.59 Å². The third-order valence-corrected chi connectivity index (χ3v) is 2.01. The van der Waals surface area contributed by atoms with E-state index in [1.54, 1.807) is 6.92 Å². The van der Waals surface area contributed by atoms with E-state index >= 15 is 0 Å². The summed E-state index contributed by atoms with van der Waals surface area (Å²) in [6.45, 7) is 1.69. The molecule has 0 spiro atoms. The van der Waals surface area contributed by atoms with E-state index in [0.29, 0.717) is 12.1 Å². The highest BCUT2D eigenvalue weighted by molar-refractivity contribution is 5.90. The lowest BCUT2D eigenvalue weighted by molar-refractivity contribution is -0.131. The molecule has 5 heteroatoms. The third-order valence-electron chi connectivity index (χ3n) is 2.01. The molecule has 0 heterocycles. The minimum absolute atomic E-state index is 0.155. The molecule has 0 aliphatic carbocycles. The van der Waals surface area contributed by atoms with Gasteiger partial charge in [-0.25, -0.2) is 9.18 Å². The van der Waals surface area contributed by atoms with Gasteiger partial charge in [-0.3, -0.25) is 4.79 Å². The molecule has 0 aliphatic rings. The first kappa shape index (κ1) is 12.9. The number of nitrogens with one attached hydrogen (secondary N) is 1. The fraction of sp³-hybridized carbons (Fsp3) is 0.167. The van der Waals surface area contributed by atoms with E-state index in [9.17, 15) is 14.0 Å². The molecule has 4 nitrogen and oxygen atoms in total. The summed E-state index contributed by atoms with van der Waals surface area (Å²) in [6, 6.07) is 4.06. The number of hydrogen-bond acceptors (Lipinski definition) is 2. The molecule has 1 aromatic carbocycles. The summed E-state index contributed by atoms with van der Waals surface area (Å²) in [6.07, 6.45) is 2.31. The normalized spacial score (nSPS) is 10.5. The molecule has 0 fully saturated rings. The lowest BCUT2D eigenvalue weighted by atomic mass is 10.1. The van der Waals surface area contributed by atoms with Crippen molar-refractivity contribution in [2.45, 2.75) is 13.3 Å². The van der Waals surface area contributed by atoms with Gasteiger partial charge >= 0.3 is 5.97 Å². The van der Waals surface area contributed by atoms with Crippen LogP contribution in [0.2, 0.25) is 0 Å². The number of anilines is 1. The van der Waals surface area contributed by atoms with Crippen molar-refractivity contribution in [3.05, 3.63) is 35.7 Å². The van der Waals surface area contributed by atoms with Crippen molar-refractivity contribution in [3.63, 3.8) is 0 Å². The number of rotatable bonds is 4. The predicted molar refractivity (Wildman–Crippen MR) is 62.0 cm³/mol. The highest BCUT2D eigenvalue weighted by Crippen LogP contribution is 2.16. The van der Waals surface area contributed by atoms with Gasteiger partial charge in [0.25, 0.3) is 0 Å². The highest BCUT2D eigenvalue weighted by Gasteiger charge is 2.03.